The summed E-state index contributed by atoms with van der Waals surface area (Å²) in [5, 5.41) is 7.63. The number of carbonyl (C=O) groups is 2. The van der Waals surface area contributed by atoms with Crippen LogP contribution >= 0.6 is 0 Å². The van der Waals surface area contributed by atoms with Crippen LogP contribution in [0.5, 0.6) is 0 Å². The summed E-state index contributed by atoms with van der Waals surface area (Å²) in [5.41, 5.74) is 2.21. The van der Waals surface area contributed by atoms with Gasteiger partial charge in [0.05, 0.1) is 17.9 Å². The Morgan fingerprint density at radius 2 is 1.64 bits per heavy atom. The largest absolute Gasteiger partial charge is 0.336 e. The second kappa shape index (κ2) is 7.78. The van der Waals surface area contributed by atoms with E-state index in [9.17, 15) is 9.59 Å². The van der Waals surface area contributed by atoms with Gasteiger partial charge >= 0.3 is 0 Å². The molecule has 0 atom stereocenters. The van der Waals surface area contributed by atoms with Gasteiger partial charge in [0, 0.05) is 23.9 Å². The van der Waals surface area contributed by atoms with Gasteiger partial charge in [-0.1, -0.05) is 59.2 Å². The fourth-order valence-electron chi connectivity index (χ4n) is 2.76. The van der Waals surface area contributed by atoms with Crippen molar-refractivity contribution >= 4 is 17.6 Å². The first-order valence-corrected chi connectivity index (χ1v) is 9.52. The summed E-state index contributed by atoms with van der Waals surface area (Å²) >= 11 is 0. The fraction of sp³-hybridized carbons (Fsp3) is 0.500. The topological polar surface area (TPSA) is 67.2 Å². The molecule has 6 heteroatoms. The maximum absolute atomic E-state index is 12.6. The average molecular weight is 385 g/mol. The molecule has 2 aromatic rings. The number of rotatable bonds is 4. The lowest BCUT2D eigenvalue weighted by Crippen LogP contribution is -2.41. The van der Waals surface area contributed by atoms with Gasteiger partial charge in [-0.25, -0.2) is 4.68 Å². The Kier molecular flexibility index (Phi) is 6.02. The van der Waals surface area contributed by atoms with Gasteiger partial charge in [0.2, 0.25) is 11.8 Å². The quantitative estimate of drug-likeness (QED) is 0.869. The van der Waals surface area contributed by atoms with Crippen LogP contribution in [-0.4, -0.2) is 40.1 Å². The third-order valence-electron chi connectivity index (χ3n) is 4.39. The van der Waals surface area contributed by atoms with E-state index in [0.717, 1.165) is 16.9 Å². The number of aromatic nitrogens is 2. The van der Waals surface area contributed by atoms with E-state index in [4.69, 9.17) is 5.10 Å². The number of anilines is 1. The zero-order chi connectivity index (χ0) is 21.3. The highest BCUT2D eigenvalue weighted by Crippen LogP contribution is 2.26. The molecule has 0 aliphatic heterocycles. The van der Waals surface area contributed by atoms with E-state index >= 15 is 0 Å². The van der Waals surface area contributed by atoms with E-state index in [2.05, 4.69) is 26.1 Å². The standard InChI is InChI=1S/C22H32N4O2/c1-15-9-11-16(12-10-15)26-18(13-17(24-26)21(2,3)4)23-19(27)14-25(8)20(28)22(5,6)7/h9-13H,14H2,1-8H3,(H,23,27). The minimum atomic E-state index is -0.530. The number of aryl methyl sites for hydroxylation is 1. The first kappa shape index (κ1) is 21.7. The number of nitrogens with zero attached hydrogens (tertiary/aromatic N) is 3. The van der Waals surface area contributed by atoms with Crippen molar-refractivity contribution in [3.63, 3.8) is 0 Å². The first-order chi connectivity index (χ1) is 12.8. The van der Waals surface area contributed by atoms with Gasteiger partial charge in [0.15, 0.2) is 0 Å². The Balaban J connectivity index is 2.28. The lowest BCUT2D eigenvalue weighted by Gasteiger charge is -2.25. The molecule has 1 N–H and O–H groups in total. The molecule has 2 amide bonds. The predicted octanol–water partition coefficient (Wildman–Crippen LogP) is 3.92. The van der Waals surface area contributed by atoms with E-state index in [1.54, 1.807) is 11.7 Å². The molecular formula is C22H32N4O2. The highest BCUT2D eigenvalue weighted by atomic mass is 16.2. The van der Waals surface area contributed by atoms with Crippen LogP contribution in [0.25, 0.3) is 5.69 Å². The molecule has 0 fully saturated rings. The number of carbonyl (C=O) groups excluding carboxylic acids is 2. The number of benzene rings is 1. The highest BCUT2D eigenvalue weighted by Gasteiger charge is 2.27. The molecule has 28 heavy (non-hydrogen) atoms. The van der Waals surface area contributed by atoms with Crippen LogP contribution in [0.2, 0.25) is 0 Å². The number of amides is 2. The second-order valence-electron chi connectivity index (χ2n) is 9.37. The first-order valence-electron chi connectivity index (χ1n) is 9.52. The average Bonchev–Trinajstić information content (AvgIpc) is 2.97. The fourth-order valence-corrected chi connectivity index (χ4v) is 2.76. The molecule has 2 rings (SSSR count). The molecule has 1 aromatic heterocycles. The molecule has 0 bridgehead atoms. The van der Waals surface area contributed by atoms with Crippen molar-refractivity contribution in [3.05, 3.63) is 41.6 Å². The van der Waals surface area contributed by atoms with Gasteiger partial charge < -0.3 is 10.2 Å². The molecule has 0 aliphatic carbocycles. The molecule has 0 unspecified atom stereocenters. The summed E-state index contributed by atoms with van der Waals surface area (Å²) in [6.45, 7) is 13.8. The van der Waals surface area contributed by atoms with Crippen molar-refractivity contribution in [2.24, 2.45) is 5.41 Å². The minimum Gasteiger partial charge on any atom is -0.336 e. The van der Waals surface area contributed by atoms with Gasteiger partial charge in [0.1, 0.15) is 5.82 Å². The molecular weight excluding hydrogens is 352 g/mol. The zero-order valence-corrected chi connectivity index (χ0v) is 18.3. The van der Waals surface area contributed by atoms with Gasteiger partial charge in [0.25, 0.3) is 0 Å². The van der Waals surface area contributed by atoms with Crippen molar-refractivity contribution in [1.82, 2.24) is 14.7 Å². The zero-order valence-electron chi connectivity index (χ0n) is 18.3. The van der Waals surface area contributed by atoms with E-state index in [0.29, 0.717) is 5.82 Å². The van der Waals surface area contributed by atoms with Crippen molar-refractivity contribution in [3.8, 4) is 5.69 Å². The number of hydrogen-bond acceptors (Lipinski definition) is 3. The molecule has 152 valence electrons. The summed E-state index contributed by atoms with van der Waals surface area (Å²) in [6.07, 6.45) is 0. The van der Waals surface area contributed by atoms with E-state index < -0.39 is 5.41 Å². The number of hydrogen-bond donors (Lipinski definition) is 1. The lowest BCUT2D eigenvalue weighted by molar-refractivity contribution is -0.140. The van der Waals surface area contributed by atoms with Crippen LogP contribution in [-0.2, 0) is 15.0 Å². The van der Waals surface area contributed by atoms with Gasteiger partial charge in [-0.15, -0.1) is 0 Å². The molecule has 0 saturated carbocycles. The maximum atomic E-state index is 12.6. The molecule has 0 spiro atoms. The summed E-state index contributed by atoms with van der Waals surface area (Å²) < 4.78 is 1.74. The van der Waals surface area contributed by atoms with Crippen molar-refractivity contribution in [2.75, 3.05) is 18.9 Å². The van der Waals surface area contributed by atoms with Gasteiger partial charge in [-0.3, -0.25) is 9.59 Å². The summed E-state index contributed by atoms with van der Waals surface area (Å²) in [6, 6.07) is 9.85. The van der Waals surface area contributed by atoms with Gasteiger partial charge in [-0.2, -0.15) is 5.10 Å². The highest BCUT2D eigenvalue weighted by molar-refractivity contribution is 5.94. The second-order valence-corrected chi connectivity index (χ2v) is 9.37. The Morgan fingerprint density at radius 1 is 1.07 bits per heavy atom. The maximum Gasteiger partial charge on any atom is 0.245 e. The summed E-state index contributed by atoms with van der Waals surface area (Å²) in [5.74, 6) is 0.259. The third-order valence-corrected chi connectivity index (χ3v) is 4.39. The van der Waals surface area contributed by atoms with Crippen LogP contribution in [0, 0.1) is 12.3 Å². The Morgan fingerprint density at radius 3 is 2.14 bits per heavy atom. The van der Waals surface area contributed by atoms with Crippen molar-refractivity contribution < 1.29 is 9.59 Å². The Labute approximate surface area is 167 Å². The third kappa shape index (κ3) is 5.21. The Hall–Kier alpha value is -2.63. The van der Waals surface area contributed by atoms with Crippen molar-refractivity contribution in [2.45, 2.75) is 53.9 Å². The molecule has 1 aromatic carbocycles. The lowest BCUT2D eigenvalue weighted by atomic mass is 9.92. The van der Waals surface area contributed by atoms with E-state index in [-0.39, 0.29) is 23.8 Å². The molecule has 0 saturated heterocycles. The predicted molar refractivity (Wildman–Crippen MR) is 113 cm³/mol. The van der Waals surface area contributed by atoms with Gasteiger partial charge in [-0.05, 0) is 19.1 Å². The van der Waals surface area contributed by atoms with Crippen molar-refractivity contribution in [1.29, 1.82) is 0 Å². The van der Waals surface area contributed by atoms with E-state index in [1.807, 2.05) is 58.0 Å². The Bertz CT molecular complexity index is 852. The van der Waals surface area contributed by atoms with Crippen LogP contribution < -0.4 is 5.32 Å². The molecule has 6 nitrogen and oxygen atoms in total. The summed E-state index contributed by atoms with van der Waals surface area (Å²) in [4.78, 5) is 26.4. The minimum absolute atomic E-state index is 0.0139. The van der Waals surface area contributed by atoms with Crippen LogP contribution in [0.4, 0.5) is 5.82 Å². The normalized spacial score (nSPS) is 12.0. The number of nitrogens with one attached hydrogen (secondary N) is 1. The smallest absolute Gasteiger partial charge is 0.245 e. The SMILES string of the molecule is Cc1ccc(-n2nc(C(C)(C)C)cc2NC(=O)CN(C)C(=O)C(C)(C)C)cc1. The summed E-state index contributed by atoms with van der Waals surface area (Å²) in [7, 11) is 1.64. The van der Waals surface area contributed by atoms with Crippen LogP contribution in [0.15, 0.2) is 30.3 Å². The van der Waals surface area contributed by atoms with Crippen LogP contribution in [0.1, 0.15) is 52.8 Å². The molecule has 1 heterocycles. The van der Waals surface area contributed by atoms with Crippen LogP contribution in [0.3, 0.4) is 0 Å². The molecule has 0 radical (unpaired) electrons. The monoisotopic (exact) mass is 384 g/mol. The van der Waals surface area contributed by atoms with E-state index in [1.165, 1.54) is 4.90 Å². The molecule has 0 aliphatic rings. The number of likely N-dealkylation sites (N-methyl/N-ethyl adjacent to an activating group) is 1.